The van der Waals surface area contributed by atoms with Crippen molar-refractivity contribution in [2.45, 2.75) is 102 Å². The summed E-state index contributed by atoms with van der Waals surface area (Å²) in [6.07, 6.45) is 15.1. The minimum absolute atomic E-state index is 0.808. The van der Waals surface area contributed by atoms with E-state index in [0.717, 1.165) is 0 Å². The molecule has 1 heterocycles. The van der Waals surface area contributed by atoms with E-state index in [1.807, 2.05) is 0 Å². The summed E-state index contributed by atoms with van der Waals surface area (Å²) in [5, 5.41) is 0. The minimum Gasteiger partial charge on any atom is -0.0654 e. The summed E-state index contributed by atoms with van der Waals surface area (Å²) in [6.45, 7) is 4.69. The van der Waals surface area contributed by atoms with E-state index in [1.54, 1.807) is 49.9 Å². The van der Waals surface area contributed by atoms with Gasteiger partial charge in [-0.2, -0.15) is 0 Å². The molecule has 1 saturated heterocycles. The molecule has 17 heavy (non-hydrogen) atoms. The van der Waals surface area contributed by atoms with Crippen LogP contribution >= 0.6 is 0 Å². The van der Waals surface area contributed by atoms with Crippen molar-refractivity contribution >= 4 is 8.07 Å². The van der Waals surface area contributed by atoms with Gasteiger partial charge >= 0.3 is 0 Å². The molecule has 0 saturated carbocycles. The second kappa shape index (κ2) is 9.19. The van der Waals surface area contributed by atoms with Crippen LogP contribution in [0, 0.1) is 0 Å². The van der Waals surface area contributed by atoms with Crippen molar-refractivity contribution in [2.24, 2.45) is 0 Å². The van der Waals surface area contributed by atoms with E-state index in [9.17, 15) is 0 Å². The largest absolute Gasteiger partial charge is 0.0654 e. The van der Waals surface area contributed by atoms with Gasteiger partial charge in [-0.3, -0.25) is 0 Å². The third kappa shape index (κ3) is 6.08. The van der Waals surface area contributed by atoms with Crippen molar-refractivity contribution in [1.82, 2.24) is 0 Å². The molecule has 0 bridgehead atoms. The lowest BCUT2D eigenvalue weighted by molar-refractivity contribution is 0.720. The Morgan fingerprint density at radius 1 is 0.647 bits per heavy atom. The first kappa shape index (κ1) is 15.3. The van der Waals surface area contributed by atoms with E-state index >= 15 is 0 Å². The number of unbranched alkanes of at least 4 members (excludes halogenated alkanes) is 4. The number of hydrogen-bond donors (Lipinski definition) is 0. The number of hydrogen-bond acceptors (Lipinski definition) is 0. The van der Waals surface area contributed by atoms with Crippen molar-refractivity contribution in [3.63, 3.8) is 0 Å². The monoisotopic (exact) mass is 254 g/mol. The second-order valence-electron chi connectivity index (χ2n) is 6.33. The van der Waals surface area contributed by atoms with Crippen LogP contribution in [0.5, 0.6) is 0 Å². The van der Waals surface area contributed by atoms with E-state index in [4.69, 9.17) is 0 Å². The van der Waals surface area contributed by atoms with Gasteiger partial charge in [-0.25, -0.2) is 0 Å². The van der Waals surface area contributed by atoms with Crippen molar-refractivity contribution in [3.05, 3.63) is 0 Å². The predicted octanol–water partition coefficient (Wildman–Crippen LogP) is 6.39. The Balaban J connectivity index is 2.41. The lowest BCUT2D eigenvalue weighted by atomic mass is 10.2. The molecule has 0 aromatic carbocycles. The zero-order valence-corrected chi connectivity index (χ0v) is 13.4. The van der Waals surface area contributed by atoms with Gasteiger partial charge in [0.05, 0.1) is 8.07 Å². The molecule has 0 aromatic heterocycles. The molecule has 0 spiro atoms. The van der Waals surface area contributed by atoms with E-state index in [1.165, 1.54) is 38.5 Å². The van der Waals surface area contributed by atoms with Crippen molar-refractivity contribution in [3.8, 4) is 0 Å². The average molecular weight is 255 g/mol. The molecule has 1 rings (SSSR count). The van der Waals surface area contributed by atoms with Gasteiger partial charge < -0.3 is 0 Å². The summed E-state index contributed by atoms with van der Waals surface area (Å²) >= 11 is 0. The van der Waals surface area contributed by atoms with Crippen LogP contribution in [0.4, 0.5) is 0 Å². The SMILES string of the molecule is CCCCC[Si]1(CCCCC)CCCCCC1. The standard InChI is InChI=1S/C16H34Si/c1-3-5-9-13-17(14-10-6-4-2)15-11-7-8-12-16-17/h3-16H2,1-2H3. The molecule has 0 aromatic rings. The third-order valence-corrected chi connectivity index (χ3v) is 10.4. The minimum atomic E-state index is -0.808. The molecule has 0 aliphatic carbocycles. The van der Waals surface area contributed by atoms with Crippen LogP contribution in [0.3, 0.4) is 0 Å². The normalized spacial score (nSPS) is 20.1. The van der Waals surface area contributed by atoms with Crippen LogP contribution in [0.25, 0.3) is 0 Å². The molecule has 1 aliphatic heterocycles. The molecule has 0 N–H and O–H groups in total. The highest BCUT2D eigenvalue weighted by atomic mass is 28.3. The molecule has 1 heteroatoms. The highest BCUT2D eigenvalue weighted by Gasteiger charge is 2.31. The molecule has 0 radical (unpaired) electrons. The van der Waals surface area contributed by atoms with Crippen molar-refractivity contribution in [2.75, 3.05) is 0 Å². The Kier molecular flexibility index (Phi) is 8.26. The summed E-state index contributed by atoms with van der Waals surface area (Å²) in [7, 11) is -0.808. The number of rotatable bonds is 8. The Hall–Kier alpha value is 0.217. The maximum Gasteiger partial charge on any atom is 0.0535 e. The quantitative estimate of drug-likeness (QED) is 0.348. The van der Waals surface area contributed by atoms with E-state index in [0.29, 0.717) is 0 Å². The van der Waals surface area contributed by atoms with E-state index < -0.39 is 8.07 Å². The zero-order chi connectivity index (χ0) is 12.4. The molecular formula is C16H34Si. The van der Waals surface area contributed by atoms with Gasteiger partial charge in [-0.05, 0) is 0 Å². The molecule has 1 aliphatic rings. The van der Waals surface area contributed by atoms with Crippen LogP contribution < -0.4 is 0 Å². The smallest absolute Gasteiger partial charge is 0.0535 e. The first-order chi connectivity index (χ1) is 8.33. The summed E-state index contributed by atoms with van der Waals surface area (Å²) in [4.78, 5) is 0. The average Bonchev–Trinajstić information content (AvgIpc) is 2.56. The van der Waals surface area contributed by atoms with Gasteiger partial charge in [-0.15, -0.1) is 0 Å². The van der Waals surface area contributed by atoms with Crippen molar-refractivity contribution < 1.29 is 0 Å². The maximum absolute atomic E-state index is 2.35. The Labute approximate surface area is 111 Å². The second-order valence-corrected chi connectivity index (χ2v) is 11.3. The Bertz CT molecular complexity index is 156. The molecule has 0 amide bonds. The summed E-state index contributed by atoms with van der Waals surface area (Å²) in [6, 6.07) is 6.70. The molecule has 0 nitrogen and oxygen atoms in total. The lowest BCUT2D eigenvalue weighted by Crippen LogP contribution is -2.32. The Morgan fingerprint density at radius 3 is 1.53 bits per heavy atom. The van der Waals surface area contributed by atoms with Crippen LogP contribution in [0.1, 0.15) is 78.1 Å². The molecule has 0 atom stereocenters. The third-order valence-electron chi connectivity index (χ3n) is 4.79. The molecular weight excluding hydrogens is 220 g/mol. The topological polar surface area (TPSA) is 0 Å². The fourth-order valence-electron chi connectivity index (χ4n) is 3.60. The summed E-state index contributed by atoms with van der Waals surface area (Å²) < 4.78 is 0. The van der Waals surface area contributed by atoms with Crippen LogP contribution in [0.15, 0.2) is 0 Å². The summed E-state index contributed by atoms with van der Waals surface area (Å²) in [5.41, 5.74) is 0. The van der Waals surface area contributed by atoms with Gasteiger partial charge in [0.2, 0.25) is 0 Å². The van der Waals surface area contributed by atoms with Crippen LogP contribution in [-0.4, -0.2) is 8.07 Å². The lowest BCUT2D eigenvalue weighted by Gasteiger charge is -2.31. The molecule has 102 valence electrons. The van der Waals surface area contributed by atoms with E-state index in [-0.39, 0.29) is 0 Å². The highest BCUT2D eigenvalue weighted by Crippen LogP contribution is 2.36. The molecule has 0 unspecified atom stereocenters. The van der Waals surface area contributed by atoms with Gasteiger partial charge in [0.15, 0.2) is 0 Å². The first-order valence-corrected chi connectivity index (χ1v) is 11.2. The first-order valence-electron chi connectivity index (χ1n) is 8.33. The van der Waals surface area contributed by atoms with Gasteiger partial charge in [-0.1, -0.05) is 102 Å². The van der Waals surface area contributed by atoms with Gasteiger partial charge in [0.25, 0.3) is 0 Å². The fourth-order valence-corrected chi connectivity index (χ4v) is 9.10. The maximum atomic E-state index is 2.35. The highest BCUT2D eigenvalue weighted by molar-refractivity contribution is 6.79. The Morgan fingerprint density at radius 2 is 1.12 bits per heavy atom. The zero-order valence-electron chi connectivity index (χ0n) is 12.4. The van der Waals surface area contributed by atoms with Gasteiger partial charge in [0.1, 0.15) is 0 Å². The van der Waals surface area contributed by atoms with E-state index in [2.05, 4.69) is 13.8 Å². The molecule has 1 fully saturated rings. The van der Waals surface area contributed by atoms with Crippen molar-refractivity contribution in [1.29, 1.82) is 0 Å². The summed E-state index contributed by atoms with van der Waals surface area (Å²) in [5.74, 6) is 0. The fraction of sp³-hybridized carbons (Fsp3) is 1.00. The van der Waals surface area contributed by atoms with Crippen LogP contribution in [-0.2, 0) is 0 Å². The predicted molar refractivity (Wildman–Crippen MR) is 82.5 cm³/mol. The van der Waals surface area contributed by atoms with Gasteiger partial charge in [0, 0.05) is 0 Å². The van der Waals surface area contributed by atoms with Crippen LogP contribution in [0.2, 0.25) is 24.2 Å².